The number of halogens is 1. The smallest absolute Gasteiger partial charge is 0.273 e. The van der Waals surface area contributed by atoms with Crippen LogP contribution in [0.15, 0.2) is 36.1 Å². The van der Waals surface area contributed by atoms with E-state index in [1.54, 1.807) is 12.1 Å². The predicted molar refractivity (Wildman–Crippen MR) is 60.3 cm³/mol. The minimum atomic E-state index is -0.475. The summed E-state index contributed by atoms with van der Waals surface area (Å²) in [5.41, 5.74) is 0.727. The summed E-state index contributed by atoms with van der Waals surface area (Å²) >= 11 is 0. The Balaban J connectivity index is 2.73. The lowest BCUT2D eigenvalue weighted by Gasteiger charge is -2.18. The van der Waals surface area contributed by atoms with Gasteiger partial charge in [0.15, 0.2) is 0 Å². The lowest BCUT2D eigenvalue weighted by atomic mass is 10.2. The minimum absolute atomic E-state index is 0.101. The lowest BCUT2D eigenvalue weighted by Crippen LogP contribution is -2.28. The highest BCUT2D eigenvalue weighted by atomic mass is 19.1. The van der Waals surface area contributed by atoms with Crippen molar-refractivity contribution < 1.29 is 19.1 Å². The van der Waals surface area contributed by atoms with E-state index in [0.717, 1.165) is 16.7 Å². The number of aliphatic hydroxyl groups excluding tert-OH is 1. The standard InChI is InChI=1S/C12H14FNO3/c1-9(15)7-12(16)14(17-2)8-10-3-5-11(13)6-4-10/h3-7,15H,8H2,1-2H3/b9-7-. The predicted octanol–water partition coefficient (Wildman–Crippen LogP) is 2.18. The maximum absolute atomic E-state index is 12.7. The van der Waals surface area contributed by atoms with Crippen molar-refractivity contribution in [3.05, 3.63) is 47.5 Å². The third-order valence-electron chi connectivity index (χ3n) is 2.04. The molecule has 4 nitrogen and oxygen atoms in total. The monoisotopic (exact) mass is 239 g/mol. The Labute approximate surface area is 98.9 Å². The fourth-order valence-electron chi connectivity index (χ4n) is 1.24. The molecular weight excluding hydrogens is 225 g/mol. The summed E-state index contributed by atoms with van der Waals surface area (Å²) in [6.07, 6.45) is 1.05. The van der Waals surface area contributed by atoms with Gasteiger partial charge in [-0.1, -0.05) is 12.1 Å². The quantitative estimate of drug-likeness (QED) is 0.497. The summed E-state index contributed by atoms with van der Waals surface area (Å²) in [7, 11) is 1.35. The second-order valence-electron chi connectivity index (χ2n) is 3.47. The van der Waals surface area contributed by atoms with Crippen molar-refractivity contribution in [2.75, 3.05) is 7.11 Å². The van der Waals surface area contributed by atoms with Crippen molar-refractivity contribution in [2.24, 2.45) is 0 Å². The van der Waals surface area contributed by atoms with Gasteiger partial charge in [0.2, 0.25) is 0 Å². The molecule has 5 heteroatoms. The van der Waals surface area contributed by atoms with E-state index >= 15 is 0 Å². The van der Waals surface area contributed by atoms with E-state index in [1.165, 1.54) is 26.2 Å². The van der Waals surface area contributed by atoms with Gasteiger partial charge in [-0.2, -0.15) is 0 Å². The third kappa shape index (κ3) is 4.24. The topological polar surface area (TPSA) is 49.8 Å². The number of hydrogen-bond donors (Lipinski definition) is 1. The molecule has 0 atom stereocenters. The molecule has 0 aromatic heterocycles. The number of aliphatic hydroxyl groups is 1. The Morgan fingerprint density at radius 3 is 2.53 bits per heavy atom. The number of hydroxylamine groups is 2. The Kier molecular flexibility index (Phi) is 4.66. The van der Waals surface area contributed by atoms with Crippen molar-refractivity contribution in [2.45, 2.75) is 13.5 Å². The number of benzene rings is 1. The molecule has 0 aliphatic carbocycles. The molecular formula is C12H14FNO3. The zero-order valence-corrected chi connectivity index (χ0v) is 9.68. The van der Waals surface area contributed by atoms with Gasteiger partial charge < -0.3 is 5.11 Å². The molecule has 1 aromatic rings. The molecule has 92 valence electrons. The molecule has 0 radical (unpaired) electrons. The van der Waals surface area contributed by atoms with E-state index in [1.807, 2.05) is 0 Å². The van der Waals surface area contributed by atoms with Crippen LogP contribution in [-0.4, -0.2) is 23.2 Å². The van der Waals surface area contributed by atoms with Gasteiger partial charge in [0, 0.05) is 6.08 Å². The van der Waals surface area contributed by atoms with Gasteiger partial charge in [0.25, 0.3) is 5.91 Å². The molecule has 0 fully saturated rings. The van der Waals surface area contributed by atoms with Gasteiger partial charge in [0.1, 0.15) is 5.82 Å². The highest BCUT2D eigenvalue weighted by Gasteiger charge is 2.11. The molecule has 1 rings (SSSR count). The van der Waals surface area contributed by atoms with E-state index in [-0.39, 0.29) is 18.1 Å². The summed E-state index contributed by atoms with van der Waals surface area (Å²) in [4.78, 5) is 16.4. The molecule has 0 bridgehead atoms. The number of carbonyl (C=O) groups excluding carboxylic acids is 1. The van der Waals surface area contributed by atoms with Crippen LogP contribution in [0.1, 0.15) is 12.5 Å². The number of carbonyl (C=O) groups is 1. The summed E-state index contributed by atoms with van der Waals surface area (Å²) < 4.78 is 12.7. The van der Waals surface area contributed by atoms with Crippen LogP contribution in [-0.2, 0) is 16.2 Å². The van der Waals surface area contributed by atoms with Crippen LogP contribution in [0.25, 0.3) is 0 Å². The SMILES string of the molecule is CON(Cc1ccc(F)cc1)C(=O)/C=C(/C)O. The van der Waals surface area contributed by atoms with Crippen LogP contribution < -0.4 is 0 Å². The second kappa shape index (κ2) is 6.00. The van der Waals surface area contributed by atoms with E-state index in [4.69, 9.17) is 9.94 Å². The van der Waals surface area contributed by atoms with Crippen molar-refractivity contribution in [1.82, 2.24) is 5.06 Å². The van der Waals surface area contributed by atoms with Crippen molar-refractivity contribution in [1.29, 1.82) is 0 Å². The maximum Gasteiger partial charge on any atom is 0.273 e. The highest BCUT2D eigenvalue weighted by Crippen LogP contribution is 2.07. The molecule has 0 saturated carbocycles. The largest absolute Gasteiger partial charge is 0.512 e. The molecule has 1 aromatic carbocycles. The molecule has 0 aliphatic heterocycles. The molecule has 17 heavy (non-hydrogen) atoms. The Morgan fingerprint density at radius 1 is 1.47 bits per heavy atom. The zero-order valence-electron chi connectivity index (χ0n) is 9.68. The average molecular weight is 239 g/mol. The first-order chi connectivity index (χ1) is 8.02. The zero-order chi connectivity index (χ0) is 12.8. The number of hydrogen-bond acceptors (Lipinski definition) is 3. The van der Waals surface area contributed by atoms with Crippen molar-refractivity contribution in [3.63, 3.8) is 0 Å². The van der Waals surface area contributed by atoms with Gasteiger partial charge in [-0.25, -0.2) is 9.45 Å². The van der Waals surface area contributed by atoms with Crippen LogP contribution in [0.3, 0.4) is 0 Å². The fraction of sp³-hybridized carbons (Fsp3) is 0.250. The summed E-state index contributed by atoms with van der Waals surface area (Å²) in [6, 6.07) is 5.73. The third-order valence-corrected chi connectivity index (χ3v) is 2.04. The van der Waals surface area contributed by atoms with Crippen LogP contribution in [0, 0.1) is 5.82 Å². The summed E-state index contributed by atoms with van der Waals surface area (Å²) in [5.74, 6) is -0.914. The van der Waals surface area contributed by atoms with Crippen LogP contribution in [0.2, 0.25) is 0 Å². The molecule has 0 unspecified atom stereocenters. The lowest BCUT2D eigenvalue weighted by molar-refractivity contribution is -0.173. The van der Waals surface area contributed by atoms with Gasteiger partial charge in [-0.05, 0) is 24.6 Å². The molecule has 0 aliphatic rings. The summed E-state index contributed by atoms with van der Waals surface area (Å²) in [5, 5.41) is 10.0. The first-order valence-electron chi connectivity index (χ1n) is 5.00. The fourth-order valence-corrected chi connectivity index (χ4v) is 1.24. The Morgan fingerprint density at radius 2 is 2.06 bits per heavy atom. The molecule has 0 saturated heterocycles. The van der Waals surface area contributed by atoms with Gasteiger partial charge in [0.05, 0.1) is 19.4 Å². The van der Waals surface area contributed by atoms with Gasteiger partial charge in [-0.3, -0.25) is 9.63 Å². The first kappa shape index (κ1) is 13.2. The highest BCUT2D eigenvalue weighted by molar-refractivity contribution is 5.87. The second-order valence-corrected chi connectivity index (χ2v) is 3.47. The van der Waals surface area contributed by atoms with Gasteiger partial charge in [-0.15, -0.1) is 0 Å². The molecule has 0 spiro atoms. The normalized spacial score (nSPS) is 11.4. The molecule has 1 N–H and O–H groups in total. The van der Waals surface area contributed by atoms with Crippen molar-refractivity contribution in [3.8, 4) is 0 Å². The number of amides is 1. The summed E-state index contributed by atoms with van der Waals surface area (Å²) in [6.45, 7) is 1.57. The number of allylic oxidation sites excluding steroid dienone is 1. The van der Waals surface area contributed by atoms with E-state index in [2.05, 4.69) is 0 Å². The minimum Gasteiger partial charge on any atom is -0.512 e. The van der Waals surface area contributed by atoms with E-state index < -0.39 is 5.91 Å². The van der Waals surface area contributed by atoms with E-state index in [0.29, 0.717) is 0 Å². The van der Waals surface area contributed by atoms with Crippen LogP contribution in [0.4, 0.5) is 4.39 Å². The first-order valence-corrected chi connectivity index (χ1v) is 5.00. The van der Waals surface area contributed by atoms with Crippen LogP contribution in [0.5, 0.6) is 0 Å². The number of nitrogens with zero attached hydrogens (tertiary/aromatic N) is 1. The maximum atomic E-state index is 12.7. The van der Waals surface area contributed by atoms with E-state index in [9.17, 15) is 9.18 Å². The molecule has 1 amide bonds. The van der Waals surface area contributed by atoms with Gasteiger partial charge >= 0.3 is 0 Å². The van der Waals surface area contributed by atoms with Crippen LogP contribution >= 0.6 is 0 Å². The Hall–Kier alpha value is -1.88. The Bertz CT molecular complexity index is 410. The van der Waals surface area contributed by atoms with Crippen molar-refractivity contribution >= 4 is 5.91 Å². The molecule has 0 heterocycles. The average Bonchev–Trinajstić information content (AvgIpc) is 2.27. The number of rotatable bonds is 4.